The number of aryl methyl sites for hydroxylation is 1. The summed E-state index contributed by atoms with van der Waals surface area (Å²) in [4.78, 5) is 2.18. The van der Waals surface area contributed by atoms with Gasteiger partial charge in [0.1, 0.15) is 0 Å². The highest BCUT2D eigenvalue weighted by Gasteiger charge is 2.39. The zero-order chi connectivity index (χ0) is 12.5. The van der Waals surface area contributed by atoms with Gasteiger partial charge in [0, 0.05) is 23.8 Å². The van der Waals surface area contributed by atoms with E-state index in [1.807, 2.05) is 0 Å². The molecule has 0 unspecified atom stereocenters. The van der Waals surface area contributed by atoms with Crippen molar-refractivity contribution in [3.63, 3.8) is 0 Å². The van der Waals surface area contributed by atoms with Crippen LogP contribution in [0.15, 0.2) is 22.7 Å². The molecule has 0 amide bonds. The quantitative estimate of drug-likeness (QED) is 0.925. The van der Waals surface area contributed by atoms with E-state index in [2.05, 4.69) is 53.0 Å². The topological polar surface area (TPSA) is 32.7 Å². The Hall–Kier alpha value is -0.580. The number of anilines is 1. The molecule has 4 heteroatoms. The number of hydrogen-bond acceptors (Lipinski definition) is 3. The third-order valence-corrected chi connectivity index (χ3v) is 4.20. The number of halogens is 1. The van der Waals surface area contributed by atoms with E-state index in [4.69, 9.17) is 4.74 Å². The summed E-state index contributed by atoms with van der Waals surface area (Å²) in [6.07, 6.45) is 0. The Bertz CT molecular complexity index is 399. The van der Waals surface area contributed by atoms with Crippen LogP contribution < -0.4 is 4.90 Å². The molecule has 1 aliphatic rings. The Morgan fingerprint density at radius 3 is 2.65 bits per heavy atom. The van der Waals surface area contributed by atoms with E-state index in [0.717, 1.165) is 11.0 Å². The highest BCUT2D eigenvalue weighted by molar-refractivity contribution is 9.10. The first kappa shape index (κ1) is 12.9. The summed E-state index contributed by atoms with van der Waals surface area (Å²) in [6, 6.07) is 6.29. The monoisotopic (exact) mass is 299 g/mol. The minimum atomic E-state index is -0.0737. The average Bonchev–Trinajstić information content (AvgIpc) is 2.27. The van der Waals surface area contributed by atoms with Gasteiger partial charge in [0.2, 0.25) is 0 Å². The van der Waals surface area contributed by atoms with Gasteiger partial charge in [0.05, 0.1) is 25.2 Å². The molecule has 0 atom stereocenters. The molecular weight excluding hydrogens is 282 g/mol. The zero-order valence-corrected chi connectivity index (χ0v) is 11.8. The highest BCUT2D eigenvalue weighted by Crippen LogP contribution is 2.30. The predicted molar refractivity (Wildman–Crippen MR) is 72.5 cm³/mol. The Morgan fingerprint density at radius 1 is 1.47 bits per heavy atom. The molecule has 1 aromatic rings. The van der Waals surface area contributed by atoms with Gasteiger partial charge in [-0.2, -0.15) is 0 Å². The Balaban J connectivity index is 2.08. The third-order valence-electron chi connectivity index (χ3n) is 3.31. The Morgan fingerprint density at radius 2 is 2.18 bits per heavy atom. The van der Waals surface area contributed by atoms with Crippen LogP contribution in [0.25, 0.3) is 0 Å². The summed E-state index contributed by atoms with van der Waals surface area (Å²) in [6.45, 7) is 4.40. The molecule has 0 radical (unpaired) electrons. The first-order valence-corrected chi connectivity index (χ1v) is 6.51. The number of nitrogens with zero attached hydrogens (tertiary/aromatic N) is 1. The molecule has 1 N–H and O–H groups in total. The Labute approximate surface area is 111 Å². The van der Waals surface area contributed by atoms with Crippen molar-refractivity contribution in [2.24, 2.45) is 5.41 Å². The van der Waals surface area contributed by atoms with Crippen molar-refractivity contribution in [3.8, 4) is 0 Å². The van der Waals surface area contributed by atoms with Crippen molar-refractivity contribution < 1.29 is 9.84 Å². The van der Waals surface area contributed by atoms with Gasteiger partial charge in [0.15, 0.2) is 0 Å². The maximum Gasteiger partial charge on any atom is 0.0584 e. The molecule has 1 heterocycles. The van der Waals surface area contributed by atoms with Gasteiger partial charge in [-0.3, -0.25) is 0 Å². The van der Waals surface area contributed by atoms with Crippen molar-refractivity contribution in [3.05, 3.63) is 28.2 Å². The van der Waals surface area contributed by atoms with E-state index in [0.29, 0.717) is 13.2 Å². The summed E-state index contributed by atoms with van der Waals surface area (Å²) in [5, 5.41) is 9.42. The van der Waals surface area contributed by atoms with Gasteiger partial charge in [-0.25, -0.2) is 0 Å². The fraction of sp³-hybridized carbons (Fsp3) is 0.538. The fourth-order valence-corrected chi connectivity index (χ4v) is 2.33. The first-order chi connectivity index (χ1) is 8.06. The van der Waals surface area contributed by atoms with Gasteiger partial charge in [-0.15, -0.1) is 0 Å². The van der Waals surface area contributed by atoms with Crippen LogP contribution in [-0.4, -0.2) is 38.5 Å². The SMILES string of the molecule is Cc1cc(N(C)CC2(CO)COC2)ccc1Br. The van der Waals surface area contributed by atoms with Crippen LogP contribution in [0.2, 0.25) is 0 Å². The van der Waals surface area contributed by atoms with Crippen LogP contribution >= 0.6 is 15.9 Å². The number of rotatable bonds is 4. The second-order valence-electron chi connectivity index (χ2n) is 4.94. The van der Waals surface area contributed by atoms with Crippen LogP contribution in [0.4, 0.5) is 5.69 Å². The van der Waals surface area contributed by atoms with E-state index < -0.39 is 0 Å². The van der Waals surface area contributed by atoms with Crippen molar-refractivity contribution in [2.45, 2.75) is 6.92 Å². The fourth-order valence-electron chi connectivity index (χ4n) is 2.08. The Kier molecular flexibility index (Phi) is 3.76. The summed E-state index contributed by atoms with van der Waals surface area (Å²) < 4.78 is 6.34. The number of benzene rings is 1. The minimum absolute atomic E-state index is 0.0737. The molecule has 1 aromatic carbocycles. The number of hydrogen-bond donors (Lipinski definition) is 1. The lowest BCUT2D eigenvalue weighted by Gasteiger charge is -2.42. The highest BCUT2D eigenvalue weighted by atomic mass is 79.9. The summed E-state index contributed by atoms with van der Waals surface area (Å²) in [5.41, 5.74) is 2.32. The third kappa shape index (κ3) is 2.64. The first-order valence-electron chi connectivity index (χ1n) is 5.72. The molecule has 0 aliphatic carbocycles. The molecule has 0 saturated carbocycles. The molecule has 1 fully saturated rings. The van der Waals surface area contributed by atoms with E-state index in [-0.39, 0.29) is 12.0 Å². The van der Waals surface area contributed by atoms with E-state index in [9.17, 15) is 5.11 Å². The van der Waals surface area contributed by atoms with Crippen LogP contribution in [0.3, 0.4) is 0 Å². The van der Waals surface area contributed by atoms with Crippen LogP contribution in [0.5, 0.6) is 0 Å². The van der Waals surface area contributed by atoms with Gasteiger partial charge < -0.3 is 14.7 Å². The maximum atomic E-state index is 9.42. The van der Waals surface area contributed by atoms with Gasteiger partial charge >= 0.3 is 0 Å². The van der Waals surface area contributed by atoms with Crippen molar-refractivity contribution in [1.29, 1.82) is 0 Å². The van der Waals surface area contributed by atoms with Gasteiger partial charge in [-0.05, 0) is 30.7 Å². The van der Waals surface area contributed by atoms with Crippen LogP contribution in [0.1, 0.15) is 5.56 Å². The standard InChI is InChI=1S/C13H18BrNO2/c1-10-5-11(3-4-12(10)14)15(2)6-13(7-16)8-17-9-13/h3-5,16H,6-9H2,1-2H3. The lowest BCUT2D eigenvalue weighted by molar-refractivity contribution is -0.130. The smallest absolute Gasteiger partial charge is 0.0584 e. The van der Waals surface area contributed by atoms with Crippen LogP contribution in [0, 0.1) is 12.3 Å². The van der Waals surface area contributed by atoms with E-state index in [1.54, 1.807) is 0 Å². The molecule has 17 heavy (non-hydrogen) atoms. The number of ether oxygens (including phenoxy) is 1. The van der Waals surface area contributed by atoms with Crippen LogP contribution in [-0.2, 0) is 4.74 Å². The molecule has 1 aliphatic heterocycles. The van der Waals surface area contributed by atoms with Crippen molar-refractivity contribution in [2.75, 3.05) is 38.3 Å². The number of aliphatic hydroxyl groups is 1. The normalized spacial score (nSPS) is 17.6. The predicted octanol–water partition coefficient (Wildman–Crippen LogP) is 2.20. The largest absolute Gasteiger partial charge is 0.396 e. The molecule has 3 nitrogen and oxygen atoms in total. The molecular formula is C13H18BrNO2. The zero-order valence-electron chi connectivity index (χ0n) is 10.2. The maximum absolute atomic E-state index is 9.42. The minimum Gasteiger partial charge on any atom is -0.396 e. The molecule has 0 spiro atoms. The molecule has 0 bridgehead atoms. The van der Waals surface area contributed by atoms with Crippen molar-refractivity contribution in [1.82, 2.24) is 0 Å². The molecule has 0 aromatic heterocycles. The van der Waals surface area contributed by atoms with E-state index in [1.165, 1.54) is 11.3 Å². The average molecular weight is 300 g/mol. The summed E-state index contributed by atoms with van der Waals surface area (Å²) in [7, 11) is 2.05. The number of aliphatic hydroxyl groups excluding tert-OH is 1. The molecule has 94 valence electrons. The summed E-state index contributed by atoms with van der Waals surface area (Å²) >= 11 is 3.50. The second kappa shape index (κ2) is 4.96. The second-order valence-corrected chi connectivity index (χ2v) is 5.79. The van der Waals surface area contributed by atoms with E-state index >= 15 is 0 Å². The molecule has 1 saturated heterocycles. The lowest BCUT2D eigenvalue weighted by atomic mass is 9.86. The molecule has 2 rings (SSSR count). The van der Waals surface area contributed by atoms with Crippen molar-refractivity contribution >= 4 is 21.6 Å². The van der Waals surface area contributed by atoms with Gasteiger partial charge in [0.25, 0.3) is 0 Å². The lowest BCUT2D eigenvalue weighted by Crippen LogP contribution is -2.52. The summed E-state index contributed by atoms with van der Waals surface area (Å²) in [5.74, 6) is 0. The van der Waals surface area contributed by atoms with Gasteiger partial charge in [-0.1, -0.05) is 15.9 Å².